The van der Waals surface area contributed by atoms with Gasteiger partial charge in [0, 0.05) is 0 Å². The number of halogens is 2. The highest BCUT2D eigenvalue weighted by Crippen LogP contribution is 2.62. The van der Waals surface area contributed by atoms with Gasteiger partial charge in [-0.15, -0.1) is 0 Å². The van der Waals surface area contributed by atoms with Gasteiger partial charge in [0.1, 0.15) is 0 Å². The molecule has 0 amide bonds. The summed E-state index contributed by atoms with van der Waals surface area (Å²) in [6.45, 7) is -1.64. The molecule has 0 aromatic carbocycles. The maximum absolute atomic E-state index is 13.1. The largest absolute Gasteiger partial charge is 0.458 e. The van der Waals surface area contributed by atoms with Crippen molar-refractivity contribution in [1.82, 2.24) is 0 Å². The number of fused-ring (bicyclic) bond motifs is 1. The van der Waals surface area contributed by atoms with Crippen LogP contribution in [0.15, 0.2) is 11.6 Å². The van der Waals surface area contributed by atoms with E-state index in [1.165, 1.54) is 5.57 Å². The van der Waals surface area contributed by atoms with E-state index in [-0.39, 0.29) is 0 Å². The maximum atomic E-state index is 13.1. The zero-order valence-corrected chi connectivity index (χ0v) is 11.3. The number of carbonyl (C=O) groups excluding carboxylic acids is 1. The molecule has 5 nitrogen and oxygen atoms in total. The molecule has 3 saturated carbocycles. The highest BCUT2D eigenvalue weighted by Gasteiger charge is 2.57. The fourth-order valence-corrected chi connectivity index (χ4v) is 3.87. The van der Waals surface area contributed by atoms with Crippen LogP contribution in [0.4, 0.5) is 8.78 Å². The number of esters is 1. The molecule has 0 radical (unpaired) electrons. The topological polar surface area (TPSA) is 80.7 Å². The van der Waals surface area contributed by atoms with Crippen molar-refractivity contribution in [2.45, 2.75) is 30.9 Å². The Morgan fingerprint density at radius 2 is 2.05 bits per heavy atom. The second-order valence-corrected chi connectivity index (χ2v) is 7.46. The van der Waals surface area contributed by atoms with E-state index >= 15 is 0 Å². The first-order valence-corrected chi connectivity index (χ1v) is 7.81. The molecule has 2 atom stereocenters. The van der Waals surface area contributed by atoms with Crippen LogP contribution in [-0.4, -0.2) is 30.8 Å². The van der Waals surface area contributed by atoms with Crippen LogP contribution in [0.1, 0.15) is 25.7 Å². The summed E-state index contributed by atoms with van der Waals surface area (Å²) in [6, 6.07) is 0. The summed E-state index contributed by atoms with van der Waals surface area (Å²) in [5.41, 5.74) is 0.577. The molecule has 0 saturated heterocycles. The molecule has 8 heteroatoms. The predicted octanol–water partition coefficient (Wildman–Crippen LogP) is 1.76. The Balaban J connectivity index is 1.68. The average Bonchev–Trinajstić information content (AvgIpc) is 2.35. The number of hydrogen-bond donors (Lipinski definition) is 1. The molecular weight excluding hydrogens is 294 g/mol. The lowest BCUT2D eigenvalue weighted by molar-refractivity contribution is -0.169. The first kappa shape index (κ1) is 13.9. The monoisotopic (exact) mass is 308 g/mol. The fraction of sp³-hybridized carbons (Fsp3) is 0.750. The van der Waals surface area contributed by atoms with E-state index in [0.29, 0.717) is 31.1 Å². The van der Waals surface area contributed by atoms with E-state index in [9.17, 15) is 22.0 Å². The average molecular weight is 308 g/mol. The second kappa shape index (κ2) is 4.00. The van der Waals surface area contributed by atoms with E-state index in [4.69, 9.17) is 4.55 Å². The van der Waals surface area contributed by atoms with Crippen molar-refractivity contribution in [2.24, 2.45) is 17.3 Å². The summed E-state index contributed by atoms with van der Waals surface area (Å²) < 4.78 is 59.9. The van der Waals surface area contributed by atoms with Crippen LogP contribution in [0.25, 0.3) is 0 Å². The van der Waals surface area contributed by atoms with Crippen molar-refractivity contribution in [1.29, 1.82) is 0 Å². The number of hydrogen-bond acceptors (Lipinski definition) is 4. The van der Waals surface area contributed by atoms with Crippen molar-refractivity contribution in [2.75, 3.05) is 6.61 Å². The van der Waals surface area contributed by atoms with Gasteiger partial charge in [-0.25, -0.2) is 0 Å². The van der Waals surface area contributed by atoms with Crippen LogP contribution < -0.4 is 0 Å². The zero-order valence-electron chi connectivity index (χ0n) is 10.5. The predicted molar refractivity (Wildman–Crippen MR) is 63.4 cm³/mol. The SMILES string of the molecule is O=C(OCC(F)(F)S(=O)(=O)O)C12CC=C3C(CC3C1)C2. The molecule has 20 heavy (non-hydrogen) atoms. The molecule has 5 rings (SSSR count). The van der Waals surface area contributed by atoms with Gasteiger partial charge in [-0.05, 0) is 37.5 Å². The molecule has 0 heterocycles. The summed E-state index contributed by atoms with van der Waals surface area (Å²) in [4.78, 5) is 12.1. The number of allylic oxidation sites excluding steroid dienone is 2. The smallest absolute Gasteiger partial charge is 0.402 e. The van der Waals surface area contributed by atoms with E-state index in [2.05, 4.69) is 4.74 Å². The molecule has 0 aromatic rings. The number of ether oxygens (including phenoxy) is 1. The quantitative estimate of drug-likeness (QED) is 0.486. The molecule has 2 unspecified atom stereocenters. The molecule has 1 N–H and O–H groups in total. The number of carbonyl (C=O) groups is 1. The minimum Gasteiger partial charge on any atom is -0.458 e. The third-order valence-corrected chi connectivity index (χ3v) is 5.57. The lowest BCUT2D eigenvalue weighted by Gasteiger charge is -2.56. The lowest BCUT2D eigenvalue weighted by Crippen LogP contribution is -2.51. The molecule has 5 aliphatic carbocycles. The fourth-order valence-electron chi connectivity index (χ4n) is 3.66. The molecule has 112 valence electrons. The normalized spacial score (nSPS) is 35.2. The van der Waals surface area contributed by atoms with E-state index in [0.717, 1.165) is 6.42 Å². The zero-order chi connectivity index (χ0) is 14.8. The van der Waals surface area contributed by atoms with Gasteiger partial charge in [0.05, 0.1) is 5.41 Å². The Bertz CT molecular complexity index is 581. The van der Waals surface area contributed by atoms with Crippen molar-refractivity contribution >= 4 is 16.1 Å². The molecular formula is C12H14F2O5S. The van der Waals surface area contributed by atoms with Gasteiger partial charge < -0.3 is 4.74 Å². The molecule has 0 aromatic heterocycles. The summed E-state index contributed by atoms with van der Waals surface area (Å²) in [6.07, 6.45) is 4.65. The Labute approximate surface area is 114 Å². The van der Waals surface area contributed by atoms with Crippen LogP contribution in [0, 0.1) is 17.3 Å². The van der Waals surface area contributed by atoms with E-state index in [1.807, 2.05) is 6.08 Å². The van der Waals surface area contributed by atoms with Crippen molar-refractivity contribution < 1.29 is 31.3 Å². The minimum atomic E-state index is -5.57. The third kappa shape index (κ3) is 1.88. The summed E-state index contributed by atoms with van der Waals surface area (Å²) in [5, 5.41) is -4.47. The molecule has 0 spiro atoms. The first-order chi connectivity index (χ1) is 9.15. The van der Waals surface area contributed by atoms with Crippen molar-refractivity contribution in [3.63, 3.8) is 0 Å². The maximum Gasteiger partial charge on any atom is 0.402 e. The van der Waals surface area contributed by atoms with Crippen molar-refractivity contribution in [3.8, 4) is 0 Å². The van der Waals surface area contributed by atoms with Gasteiger partial charge in [0.25, 0.3) is 0 Å². The Morgan fingerprint density at radius 1 is 1.45 bits per heavy atom. The second-order valence-electron chi connectivity index (χ2n) is 5.91. The van der Waals surface area contributed by atoms with Gasteiger partial charge >= 0.3 is 21.3 Å². The Hall–Kier alpha value is -1.02. The summed E-state index contributed by atoms with van der Waals surface area (Å²) in [7, 11) is -5.57. The van der Waals surface area contributed by atoms with Crippen LogP contribution in [0.5, 0.6) is 0 Å². The molecule has 3 fully saturated rings. The van der Waals surface area contributed by atoms with Crippen LogP contribution in [-0.2, 0) is 19.6 Å². The van der Waals surface area contributed by atoms with Crippen LogP contribution >= 0.6 is 0 Å². The van der Waals surface area contributed by atoms with Crippen LogP contribution in [0.2, 0.25) is 0 Å². The third-order valence-electron chi connectivity index (χ3n) is 4.70. The Morgan fingerprint density at radius 3 is 2.55 bits per heavy atom. The Kier molecular flexibility index (Phi) is 2.79. The van der Waals surface area contributed by atoms with Gasteiger partial charge in [0.15, 0.2) is 6.61 Å². The van der Waals surface area contributed by atoms with E-state index in [1.54, 1.807) is 0 Å². The minimum absolute atomic E-state index is 0.345. The van der Waals surface area contributed by atoms with Gasteiger partial charge in [0.2, 0.25) is 0 Å². The molecule has 4 bridgehead atoms. The molecule has 0 aliphatic heterocycles. The standard InChI is InChI=1S/C12H14F2O5S/c13-12(14,20(16,17)18)6-19-10(15)11-2-1-9-7(4-11)3-8(9)5-11/h1,7-8H,2-6H2,(H,16,17,18). The van der Waals surface area contributed by atoms with Gasteiger partial charge in [-0.1, -0.05) is 11.6 Å². The number of alkyl halides is 2. The lowest BCUT2D eigenvalue weighted by atomic mass is 9.48. The molecule has 5 aliphatic rings. The van der Waals surface area contributed by atoms with E-state index < -0.39 is 33.4 Å². The highest BCUT2D eigenvalue weighted by molar-refractivity contribution is 7.86. The summed E-state index contributed by atoms with van der Waals surface area (Å²) >= 11 is 0. The van der Waals surface area contributed by atoms with Gasteiger partial charge in [-0.3, -0.25) is 9.35 Å². The first-order valence-electron chi connectivity index (χ1n) is 6.37. The number of rotatable bonds is 4. The van der Waals surface area contributed by atoms with Gasteiger partial charge in [-0.2, -0.15) is 17.2 Å². The van der Waals surface area contributed by atoms with Crippen molar-refractivity contribution in [3.05, 3.63) is 11.6 Å². The summed E-state index contributed by atoms with van der Waals surface area (Å²) in [5.74, 6) is -0.0974. The highest BCUT2D eigenvalue weighted by atomic mass is 32.2. The van der Waals surface area contributed by atoms with Crippen LogP contribution in [0.3, 0.4) is 0 Å².